The van der Waals surface area contributed by atoms with Gasteiger partial charge in [0.15, 0.2) is 0 Å². The van der Waals surface area contributed by atoms with Gasteiger partial charge in [-0.25, -0.2) is 5.43 Å². The second-order valence-electron chi connectivity index (χ2n) is 5.84. The monoisotopic (exact) mass is 323 g/mol. The third-order valence-electron chi connectivity index (χ3n) is 4.16. The molecule has 0 unspecified atom stereocenters. The highest BCUT2D eigenvalue weighted by molar-refractivity contribution is 5.99. The molecule has 1 aliphatic rings. The third kappa shape index (κ3) is 3.48. The summed E-state index contributed by atoms with van der Waals surface area (Å²) < 4.78 is 0. The van der Waals surface area contributed by atoms with Gasteiger partial charge in [0.1, 0.15) is 0 Å². The maximum atomic E-state index is 12.2. The highest BCUT2D eigenvalue weighted by Crippen LogP contribution is 2.47. The largest absolute Gasteiger partial charge is 0.273 e. The summed E-state index contributed by atoms with van der Waals surface area (Å²) in [4.78, 5) is 22.5. The highest BCUT2D eigenvalue weighted by atomic mass is 16.6. The number of carbonyl (C=O) groups is 1. The fourth-order valence-corrected chi connectivity index (χ4v) is 2.68. The lowest BCUT2D eigenvalue weighted by molar-refractivity contribution is -0.384. The van der Waals surface area contributed by atoms with Crippen molar-refractivity contribution in [1.29, 1.82) is 0 Å². The van der Waals surface area contributed by atoms with Crippen molar-refractivity contribution in [3.8, 4) is 0 Å². The van der Waals surface area contributed by atoms with Gasteiger partial charge in [0.25, 0.3) is 5.69 Å². The molecule has 0 spiro atoms. The molecular formula is C18H17N3O3. The molecular weight excluding hydrogens is 306 g/mol. The van der Waals surface area contributed by atoms with Crippen LogP contribution in [0.25, 0.3) is 0 Å². The van der Waals surface area contributed by atoms with E-state index in [1.165, 1.54) is 12.1 Å². The molecule has 24 heavy (non-hydrogen) atoms. The van der Waals surface area contributed by atoms with Gasteiger partial charge in [-0.05, 0) is 24.8 Å². The zero-order chi connectivity index (χ0) is 17.1. The maximum absolute atomic E-state index is 12.2. The number of nitro benzene ring substituents is 1. The Kier molecular flexibility index (Phi) is 4.37. The minimum atomic E-state index is -0.454. The number of benzene rings is 2. The van der Waals surface area contributed by atoms with Gasteiger partial charge in [0.2, 0.25) is 5.91 Å². The Bertz CT molecular complexity index is 802. The predicted molar refractivity (Wildman–Crippen MR) is 90.7 cm³/mol. The van der Waals surface area contributed by atoms with Gasteiger partial charge < -0.3 is 0 Å². The zero-order valence-corrected chi connectivity index (χ0v) is 13.2. The van der Waals surface area contributed by atoms with E-state index in [1.54, 1.807) is 19.1 Å². The number of carbonyl (C=O) groups excluding carboxylic acids is 1. The van der Waals surface area contributed by atoms with Gasteiger partial charge in [-0.1, -0.05) is 42.5 Å². The molecule has 1 saturated carbocycles. The van der Waals surface area contributed by atoms with Crippen molar-refractivity contribution in [2.45, 2.75) is 19.3 Å². The van der Waals surface area contributed by atoms with E-state index in [9.17, 15) is 14.9 Å². The first-order valence-corrected chi connectivity index (χ1v) is 7.70. The number of nitrogens with one attached hydrogen (secondary N) is 1. The average Bonchev–Trinajstić information content (AvgIpc) is 3.41. The van der Waals surface area contributed by atoms with E-state index in [4.69, 9.17) is 0 Å². The van der Waals surface area contributed by atoms with Crippen LogP contribution in [0.1, 0.15) is 30.4 Å². The van der Waals surface area contributed by atoms with Crippen LogP contribution in [-0.2, 0) is 4.79 Å². The molecule has 0 radical (unpaired) electrons. The molecule has 0 heterocycles. The molecule has 6 heteroatoms. The molecule has 2 aromatic carbocycles. The van der Waals surface area contributed by atoms with Gasteiger partial charge in [-0.3, -0.25) is 14.9 Å². The van der Waals surface area contributed by atoms with Crippen molar-refractivity contribution in [1.82, 2.24) is 5.43 Å². The van der Waals surface area contributed by atoms with Crippen molar-refractivity contribution in [2.75, 3.05) is 0 Å². The molecule has 0 aromatic heterocycles. The molecule has 0 saturated heterocycles. The normalized spacial score (nSPS) is 19.6. The van der Waals surface area contributed by atoms with Crippen LogP contribution in [-0.4, -0.2) is 16.5 Å². The summed E-state index contributed by atoms with van der Waals surface area (Å²) in [6, 6.07) is 16.1. The molecule has 0 bridgehead atoms. The quantitative estimate of drug-likeness (QED) is 0.521. The lowest BCUT2D eigenvalue weighted by Crippen LogP contribution is -2.21. The molecule has 3 rings (SSSR count). The number of rotatable bonds is 5. The topological polar surface area (TPSA) is 84.6 Å². The van der Waals surface area contributed by atoms with E-state index in [-0.39, 0.29) is 23.4 Å². The Morgan fingerprint density at radius 1 is 1.21 bits per heavy atom. The summed E-state index contributed by atoms with van der Waals surface area (Å²) in [7, 11) is 0. The number of nitrogens with zero attached hydrogens (tertiary/aromatic N) is 2. The van der Waals surface area contributed by atoms with Gasteiger partial charge in [-0.15, -0.1) is 0 Å². The van der Waals surface area contributed by atoms with Crippen molar-refractivity contribution in [3.05, 3.63) is 75.8 Å². The van der Waals surface area contributed by atoms with E-state index in [0.717, 1.165) is 12.0 Å². The van der Waals surface area contributed by atoms with Crippen LogP contribution in [0.15, 0.2) is 59.7 Å². The predicted octanol–water partition coefficient (Wildman–Crippen LogP) is 3.24. The smallest absolute Gasteiger partial charge is 0.270 e. The lowest BCUT2D eigenvalue weighted by atomic mass is 10.1. The third-order valence-corrected chi connectivity index (χ3v) is 4.16. The van der Waals surface area contributed by atoms with Crippen molar-refractivity contribution in [2.24, 2.45) is 11.0 Å². The number of non-ortho nitro benzene ring substituents is 1. The summed E-state index contributed by atoms with van der Waals surface area (Å²) >= 11 is 0. The molecule has 122 valence electrons. The minimum Gasteiger partial charge on any atom is -0.273 e. The van der Waals surface area contributed by atoms with Gasteiger partial charge >= 0.3 is 0 Å². The number of hydrazone groups is 1. The lowest BCUT2D eigenvalue weighted by Gasteiger charge is -2.03. The maximum Gasteiger partial charge on any atom is 0.270 e. The van der Waals surface area contributed by atoms with Gasteiger partial charge in [-0.2, -0.15) is 5.10 Å². The van der Waals surface area contributed by atoms with Crippen LogP contribution in [0.5, 0.6) is 0 Å². The number of amides is 1. The molecule has 1 aliphatic carbocycles. The van der Waals surface area contributed by atoms with Crippen LogP contribution in [0.3, 0.4) is 0 Å². The Balaban J connectivity index is 1.62. The Morgan fingerprint density at radius 2 is 1.96 bits per heavy atom. The number of hydrogen-bond donors (Lipinski definition) is 1. The summed E-state index contributed by atoms with van der Waals surface area (Å²) in [5.74, 6) is 0.0715. The second-order valence-corrected chi connectivity index (χ2v) is 5.84. The van der Waals surface area contributed by atoms with Crippen LogP contribution in [0.4, 0.5) is 5.69 Å². The summed E-state index contributed by atoms with van der Waals surface area (Å²) in [6.07, 6.45) is 0.821. The number of nitro groups is 1. The Morgan fingerprint density at radius 3 is 2.67 bits per heavy atom. The average molecular weight is 323 g/mol. The van der Waals surface area contributed by atoms with Crippen molar-refractivity contribution < 1.29 is 9.72 Å². The molecule has 6 nitrogen and oxygen atoms in total. The molecule has 0 aliphatic heterocycles. The van der Waals surface area contributed by atoms with E-state index >= 15 is 0 Å². The minimum absolute atomic E-state index is 0.000268. The summed E-state index contributed by atoms with van der Waals surface area (Å²) in [6.45, 7) is 1.71. The zero-order valence-electron chi connectivity index (χ0n) is 13.2. The van der Waals surface area contributed by atoms with E-state index in [0.29, 0.717) is 11.3 Å². The van der Waals surface area contributed by atoms with Crippen LogP contribution in [0, 0.1) is 16.0 Å². The number of hydrogen-bond acceptors (Lipinski definition) is 4. The Labute approximate surface area is 139 Å². The SMILES string of the molecule is C/C(=N/NC(=O)[C@H]1C[C@@H]1c1ccccc1)c1cccc([N+](=O)[O-])c1. The first-order chi connectivity index (χ1) is 11.6. The molecule has 1 N–H and O–H groups in total. The summed E-state index contributed by atoms with van der Waals surface area (Å²) in [5, 5.41) is 14.9. The second kappa shape index (κ2) is 6.62. The molecule has 2 aromatic rings. The standard InChI is InChI=1S/C18H17N3O3/c1-12(14-8-5-9-15(10-14)21(23)24)19-20-18(22)17-11-16(17)13-6-3-2-4-7-13/h2-10,16-17H,11H2,1H3,(H,20,22)/b19-12-/t16-,17+/m1/s1. The summed E-state index contributed by atoms with van der Waals surface area (Å²) in [5.41, 5.74) is 4.88. The molecule has 1 amide bonds. The molecule has 2 atom stereocenters. The first kappa shape index (κ1) is 15.9. The van der Waals surface area contributed by atoms with Gasteiger partial charge in [0.05, 0.1) is 10.6 Å². The van der Waals surface area contributed by atoms with Crippen LogP contribution < -0.4 is 5.43 Å². The van der Waals surface area contributed by atoms with E-state index in [2.05, 4.69) is 10.5 Å². The van der Waals surface area contributed by atoms with Crippen molar-refractivity contribution in [3.63, 3.8) is 0 Å². The fourth-order valence-electron chi connectivity index (χ4n) is 2.68. The van der Waals surface area contributed by atoms with Crippen LogP contribution >= 0.6 is 0 Å². The van der Waals surface area contributed by atoms with E-state index < -0.39 is 4.92 Å². The first-order valence-electron chi connectivity index (χ1n) is 7.70. The highest BCUT2D eigenvalue weighted by Gasteiger charge is 2.43. The molecule has 1 fully saturated rings. The fraction of sp³-hybridized carbons (Fsp3) is 0.222. The Hall–Kier alpha value is -3.02. The van der Waals surface area contributed by atoms with Crippen molar-refractivity contribution >= 4 is 17.3 Å². The van der Waals surface area contributed by atoms with E-state index in [1.807, 2.05) is 30.3 Å². The van der Waals surface area contributed by atoms with Crippen LogP contribution in [0.2, 0.25) is 0 Å². The van der Waals surface area contributed by atoms with Gasteiger partial charge in [0, 0.05) is 23.6 Å².